The minimum Gasteiger partial charge on any atom is -0.493 e. The van der Waals surface area contributed by atoms with E-state index in [1.165, 1.54) is 5.56 Å². The molecule has 0 aromatic heterocycles. The molecular weight excluding hydrogens is 316 g/mol. The van der Waals surface area contributed by atoms with Crippen LogP contribution in [0.3, 0.4) is 0 Å². The molecule has 0 saturated carbocycles. The zero-order valence-corrected chi connectivity index (χ0v) is 14.3. The molecule has 23 heavy (non-hydrogen) atoms. The second-order valence-corrected chi connectivity index (χ2v) is 8.30. The second-order valence-electron chi connectivity index (χ2n) is 6.14. The number of benzene rings is 1. The summed E-state index contributed by atoms with van der Waals surface area (Å²) in [6.45, 7) is 5.28. The number of sulfone groups is 1. The number of rotatable bonds is 6. The zero-order chi connectivity index (χ0) is 16.3. The molecule has 1 N–H and O–H groups in total. The van der Waals surface area contributed by atoms with Crippen molar-refractivity contribution >= 4 is 9.84 Å². The van der Waals surface area contributed by atoms with Gasteiger partial charge in [-0.05, 0) is 24.1 Å². The number of nitrogens with one attached hydrogen (secondary N) is 1. The van der Waals surface area contributed by atoms with Gasteiger partial charge in [0.25, 0.3) is 0 Å². The summed E-state index contributed by atoms with van der Waals surface area (Å²) in [4.78, 5) is 2.44. The molecule has 1 aromatic carbocycles. The molecule has 6 nitrogen and oxygen atoms in total. The third kappa shape index (κ3) is 4.37. The molecule has 0 bridgehead atoms. The van der Waals surface area contributed by atoms with E-state index in [1.54, 1.807) is 7.11 Å². The minimum absolute atomic E-state index is 0.0984. The molecule has 2 saturated heterocycles. The summed E-state index contributed by atoms with van der Waals surface area (Å²) in [5, 5.41) is 3.35. The lowest BCUT2D eigenvalue weighted by Crippen LogP contribution is -2.45. The van der Waals surface area contributed by atoms with E-state index in [9.17, 15) is 8.42 Å². The number of ether oxygens (including phenoxy) is 2. The average molecular weight is 340 g/mol. The standard InChI is InChI=1S/C16H24N2O4S/c1-21-15-3-2-13(4-7-18-8-5-17-6-9-18)10-16(15)22-14-11-23(19,20)12-14/h2-3,10,14,17H,4-9,11-12H2,1H3. The first-order valence-electron chi connectivity index (χ1n) is 8.03. The Morgan fingerprint density at radius 2 is 1.96 bits per heavy atom. The Labute approximate surface area is 137 Å². The van der Waals surface area contributed by atoms with Gasteiger partial charge in [-0.2, -0.15) is 0 Å². The summed E-state index contributed by atoms with van der Waals surface area (Å²) in [6.07, 6.45) is 0.695. The average Bonchev–Trinajstić information content (AvgIpc) is 2.52. The van der Waals surface area contributed by atoms with Crippen LogP contribution in [0.25, 0.3) is 0 Å². The van der Waals surface area contributed by atoms with Crippen molar-refractivity contribution in [1.82, 2.24) is 10.2 Å². The number of hydrogen-bond donors (Lipinski definition) is 1. The lowest BCUT2D eigenvalue weighted by Gasteiger charge is -2.28. The molecule has 2 heterocycles. The first kappa shape index (κ1) is 16.5. The molecule has 1 aromatic rings. The van der Waals surface area contributed by atoms with Crippen molar-refractivity contribution in [2.75, 3.05) is 51.3 Å². The van der Waals surface area contributed by atoms with Crippen LogP contribution < -0.4 is 14.8 Å². The number of hydrogen-bond acceptors (Lipinski definition) is 6. The molecule has 128 valence electrons. The summed E-state index contributed by atoms with van der Waals surface area (Å²) in [6, 6.07) is 5.92. The van der Waals surface area contributed by atoms with Gasteiger partial charge >= 0.3 is 0 Å². The molecule has 2 aliphatic rings. The molecule has 0 aliphatic carbocycles. The Morgan fingerprint density at radius 1 is 1.22 bits per heavy atom. The molecule has 2 aliphatic heterocycles. The summed E-state index contributed by atoms with van der Waals surface area (Å²) in [7, 11) is -1.29. The largest absolute Gasteiger partial charge is 0.493 e. The third-order valence-corrected chi connectivity index (χ3v) is 6.09. The van der Waals surface area contributed by atoms with Crippen LogP contribution >= 0.6 is 0 Å². The van der Waals surface area contributed by atoms with Crippen molar-refractivity contribution in [3.8, 4) is 11.5 Å². The highest BCUT2D eigenvalue weighted by atomic mass is 32.2. The molecular formula is C16H24N2O4S. The fourth-order valence-corrected chi connectivity index (χ4v) is 4.13. The van der Waals surface area contributed by atoms with E-state index in [0.717, 1.165) is 39.1 Å². The van der Waals surface area contributed by atoms with Crippen LogP contribution in [0.15, 0.2) is 18.2 Å². The maximum atomic E-state index is 11.3. The van der Waals surface area contributed by atoms with Gasteiger partial charge in [0.1, 0.15) is 6.10 Å². The fourth-order valence-electron chi connectivity index (χ4n) is 2.96. The lowest BCUT2D eigenvalue weighted by molar-refractivity contribution is 0.219. The van der Waals surface area contributed by atoms with Crippen LogP contribution in [0.5, 0.6) is 11.5 Å². The van der Waals surface area contributed by atoms with Crippen molar-refractivity contribution in [1.29, 1.82) is 0 Å². The SMILES string of the molecule is COc1ccc(CCN2CCNCC2)cc1OC1CS(=O)(=O)C1. The highest BCUT2D eigenvalue weighted by Crippen LogP contribution is 2.31. The summed E-state index contributed by atoms with van der Waals surface area (Å²) < 4.78 is 33.7. The maximum Gasteiger partial charge on any atom is 0.161 e. The van der Waals surface area contributed by atoms with E-state index in [2.05, 4.69) is 10.2 Å². The first-order valence-corrected chi connectivity index (χ1v) is 9.85. The van der Waals surface area contributed by atoms with Crippen LogP contribution in [-0.2, 0) is 16.3 Å². The summed E-state index contributed by atoms with van der Waals surface area (Å²) >= 11 is 0. The van der Waals surface area contributed by atoms with Gasteiger partial charge in [0.05, 0.1) is 18.6 Å². The number of nitrogens with zero attached hydrogens (tertiary/aromatic N) is 1. The first-order chi connectivity index (χ1) is 11.1. The Bertz CT molecular complexity index is 629. The molecule has 0 atom stereocenters. The van der Waals surface area contributed by atoms with Gasteiger partial charge in [0.2, 0.25) is 0 Å². The van der Waals surface area contributed by atoms with Gasteiger partial charge in [-0.1, -0.05) is 6.07 Å². The predicted molar refractivity (Wildman–Crippen MR) is 89.1 cm³/mol. The Balaban J connectivity index is 1.61. The molecule has 0 unspecified atom stereocenters. The van der Waals surface area contributed by atoms with E-state index in [-0.39, 0.29) is 17.6 Å². The van der Waals surface area contributed by atoms with Crippen LogP contribution in [0.2, 0.25) is 0 Å². The predicted octanol–water partition coefficient (Wildman–Crippen LogP) is 0.319. The Kier molecular flexibility index (Phi) is 5.08. The van der Waals surface area contributed by atoms with Crippen molar-refractivity contribution in [3.63, 3.8) is 0 Å². The van der Waals surface area contributed by atoms with Gasteiger partial charge < -0.3 is 19.7 Å². The summed E-state index contributed by atoms with van der Waals surface area (Å²) in [5.74, 6) is 1.49. The number of methoxy groups -OCH3 is 1. The van der Waals surface area contributed by atoms with E-state index in [1.807, 2.05) is 18.2 Å². The number of piperazine rings is 1. The monoisotopic (exact) mass is 340 g/mol. The van der Waals surface area contributed by atoms with Gasteiger partial charge in [-0.3, -0.25) is 0 Å². The minimum atomic E-state index is -2.88. The normalized spacial score (nSPS) is 21.6. The van der Waals surface area contributed by atoms with Crippen molar-refractivity contribution in [2.24, 2.45) is 0 Å². The van der Waals surface area contributed by atoms with Gasteiger partial charge in [0, 0.05) is 32.7 Å². The smallest absolute Gasteiger partial charge is 0.161 e. The highest BCUT2D eigenvalue weighted by molar-refractivity contribution is 7.92. The highest BCUT2D eigenvalue weighted by Gasteiger charge is 2.35. The van der Waals surface area contributed by atoms with Crippen molar-refractivity contribution in [3.05, 3.63) is 23.8 Å². The lowest BCUT2D eigenvalue weighted by atomic mass is 10.1. The molecule has 0 amide bonds. The molecule has 7 heteroatoms. The van der Waals surface area contributed by atoms with E-state index < -0.39 is 9.84 Å². The van der Waals surface area contributed by atoms with E-state index >= 15 is 0 Å². The molecule has 2 fully saturated rings. The third-order valence-electron chi connectivity index (χ3n) is 4.33. The maximum absolute atomic E-state index is 11.3. The van der Waals surface area contributed by atoms with Crippen molar-refractivity contribution < 1.29 is 17.9 Å². The topological polar surface area (TPSA) is 67.9 Å². The van der Waals surface area contributed by atoms with E-state index in [4.69, 9.17) is 9.47 Å². The van der Waals surface area contributed by atoms with Crippen LogP contribution in [0, 0.1) is 0 Å². The Hall–Kier alpha value is -1.31. The van der Waals surface area contributed by atoms with Gasteiger partial charge in [-0.25, -0.2) is 8.42 Å². The second kappa shape index (κ2) is 7.07. The quantitative estimate of drug-likeness (QED) is 0.804. The molecule has 0 spiro atoms. The molecule has 0 radical (unpaired) electrons. The summed E-state index contributed by atoms with van der Waals surface area (Å²) in [5.41, 5.74) is 1.18. The van der Waals surface area contributed by atoms with Crippen LogP contribution in [-0.4, -0.2) is 70.8 Å². The van der Waals surface area contributed by atoms with Crippen LogP contribution in [0.1, 0.15) is 5.56 Å². The van der Waals surface area contributed by atoms with E-state index in [0.29, 0.717) is 11.5 Å². The fraction of sp³-hybridized carbons (Fsp3) is 0.625. The molecule has 3 rings (SSSR count). The van der Waals surface area contributed by atoms with Gasteiger partial charge in [-0.15, -0.1) is 0 Å². The zero-order valence-electron chi connectivity index (χ0n) is 13.5. The van der Waals surface area contributed by atoms with Crippen molar-refractivity contribution in [2.45, 2.75) is 12.5 Å². The van der Waals surface area contributed by atoms with Gasteiger partial charge in [0.15, 0.2) is 21.3 Å². The Morgan fingerprint density at radius 3 is 2.61 bits per heavy atom. The van der Waals surface area contributed by atoms with Crippen LogP contribution in [0.4, 0.5) is 0 Å².